The monoisotopic (exact) mass is 260 g/mol. The molecule has 1 aromatic carbocycles. The molecule has 4 nitrogen and oxygen atoms in total. The summed E-state index contributed by atoms with van der Waals surface area (Å²) in [4.78, 5) is 22.9. The molecule has 19 heavy (non-hydrogen) atoms. The summed E-state index contributed by atoms with van der Waals surface area (Å²) in [6.07, 6.45) is 3.28. The number of Topliss-reactive ketones (excluding diaryl/α,β-unsaturated/α-hetero) is 1. The van der Waals surface area contributed by atoms with Gasteiger partial charge in [0.15, 0.2) is 5.78 Å². The van der Waals surface area contributed by atoms with E-state index in [0.29, 0.717) is 17.2 Å². The zero-order valence-corrected chi connectivity index (χ0v) is 11.4. The Kier molecular flexibility index (Phi) is 4.20. The highest BCUT2D eigenvalue weighted by Gasteiger charge is 2.22. The Hall–Kier alpha value is -1.84. The van der Waals surface area contributed by atoms with Crippen LogP contribution in [0.15, 0.2) is 24.3 Å². The van der Waals surface area contributed by atoms with Gasteiger partial charge in [-0.1, -0.05) is 6.92 Å². The second-order valence-electron chi connectivity index (χ2n) is 5.35. The van der Waals surface area contributed by atoms with Crippen LogP contribution in [0.2, 0.25) is 0 Å². The van der Waals surface area contributed by atoms with Gasteiger partial charge in [-0.3, -0.25) is 4.79 Å². The fourth-order valence-corrected chi connectivity index (χ4v) is 2.48. The van der Waals surface area contributed by atoms with Crippen LogP contribution in [0.4, 0.5) is 10.5 Å². The molecule has 102 valence electrons. The van der Waals surface area contributed by atoms with Gasteiger partial charge < -0.3 is 10.6 Å². The minimum Gasteiger partial charge on any atom is -0.335 e. The lowest BCUT2D eigenvalue weighted by Gasteiger charge is -2.13. The van der Waals surface area contributed by atoms with Gasteiger partial charge in [-0.2, -0.15) is 0 Å². The number of anilines is 1. The lowest BCUT2D eigenvalue weighted by atomic mass is 10.1. The molecule has 1 aliphatic carbocycles. The van der Waals surface area contributed by atoms with E-state index in [9.17, 15) is 9.59 Å². The van der Waals surface area contributed by atoms with Crippen molar-refractivity contribution >= 4 is 17.5 Å². The van der Waals surface area contributed by atoms with E-state index in [0.717, 1.165) is 12.8 Å². The van der Waals surface area contributed by atoms with Crippen molar-refractivity contribution in [3.05, 3.63) is 29.8 Å². The van der Waals surface area contributed by atoms with E-state index in [2.05, 4.69) is 17.6 Å². The molecule has 2 rings (SSSR count). The zero-order valence-electron chi connectivity index (χ0n) is 11.4. The highest BCUT2D eigenvalue weighted by molar-refractivity contribution is 5.95. The van der Waals surface area contributed by atoms with E-state index in [4.69, 9.17) is 0 Å². The summed E-state index contributed by atoms with van der Waals surface area (Å²) in [6.45, 7) is 3.73. The van der Waals surface area contributed by atoms with Gasteiger partial charge >= 0.3 is 6.03 Å². The predicted molar refractivity (Wildman–Crippen MR) is 75.4 cm³/mol. The Bertz CT molecular complexity index is 468. The van der Waals surface area contributed by atoms with Gasteiger partial charge in [0, 0.05) is 17.3 Å². The second kappa shape index (κ2) is 5.87. The number of urea groups is 1. The van der Waals surface area contributed by atoms with Crippen LogP contribution in [-0.4, -0.2) is 17.9 Å². The van der Waals surface area contributed by atoms with Crippen molar-refractivity contribution in [2.75, 3.05) is 5.32 Å². The number of hydrogen-bond acceptors (Lipinski definition) is 2. The zero-order chi connectivity index (χ0) is 13.8. The number of carbonyl (C=O) groups excluding carboxylic acids is 2. The Labute approximate surface area is 113 Å². The minimum atomic E-state index is -0.172. The van der Waals surface area contributed by atoms with Crippen LogP contribution in [0.1, 0.15) is 43.5 Å². The van der Waals surface area contributed by atoms with Crippen molar-refractivity contribution in [1.82, 2.24) is 5.32 Å². The molecule has 2 atom stereocenters. The fraction of sp³-hybridized carbons (Fsp3) is 0.467. The lowest BCUT2D eigenvalue weighted by molar-refractivity contribution is 0.101. The van der Waals surface area contributed by atoms with Crippen LogP contribution < -0.4 is 10.6 Å². The molecule has 4 heteroatoms. The summed E-state index contributed by atoms with van der Waals surface area (Å²) >= 11 is 0. The summed E-state index contributed by atoms with van der Waals surface area (Å²) in [7, 11) is 0. The molecule has 0 spiro atoms. The summed E-state index contributed by atoms with van der Waals surface area (Å²) in [5.74, 6) is 0.719. The third-order valence-corrected chi connectivity index (χ3v) is 3.58. The summed E-state index contributed by atoms with van der Waals surface area (Å²) in [6, 6.07) is 7.04. The number of ketones is 1. The number of benzene rings is 1. The number of hydrogen-bond donors (Lipinski definition) is 2. The van der Waals surface area contributed by atoms with E-state index in [1.165, 1.54) is 13.3 Å². The van der Waals surface area contributed by atoms with Gasteiger partial charge in [-0.25, -0.2) is 4.79 Å². The molecule has 2 unspecified atom stereocenters. The molecule has 2 amide bonds. The van der Waals surface area contributed by atoms with E-state index in [1.54, 1.807) is 24.3 Å². The van der Waals surface area contributed by atoms with Gasteiger partial charge in [0.25, 0.3) is 0 Å². The van der Waals surface area contributed by atoms with Crippen LogP contribution >= 0.6 is 0 Å². The van der Waals surface area contributed by atoms with Crippen molar-refractivity contribution in [3.63, 3.8) is 0 Å². The average Bonchev–Trinajstić information content (AvgIpc) is 2.75. The van der Waals surface area contributed by atoms with Crippen molar-refractivity contribution in [1.29, 1.82) is 0 Å². The van der Waals surface area contributed by atoms with Crippen LogP contribution in [0.5, 0.6) is 0 Å². The first-order valence-electron chi connectivity index (χ1n) is 6.73. The molecule has 0 saturated heterocycles. The number of carbonyl (C=O) groups is 2. The van der Waals surface area contributed by atoms with Gasteiger partial charge in [-0.05, 0) is 56.4 Å². The largest absolute Gasteiger partial charge is 0.335 e. The maximum atomic E-state index is 11.8. The molecule has 0 heterocycles. The Morgan fingerprint density at radius 3 is 2.37 bits per heavy atom. The molecular formula is C15H20N2O2. The van der Waals surface area contributed by atoms with Crippen LogP contribution in [0.3, 0.4) is 0 Å². The third kappa shape index (κ3) is 3.81. The van der Waals surface area contributed by atoms with Crippen molar-refractivity contribution < 1.29 is 9.59 Å². The van der Waals surface area contributed by atoms with E-state index in [1.807, 2.05) is 0 Å². The molecular weight excluding hydrogens is 240 g/mol. The molecule has 2 N–H and O–H groups in total. The number of rotatable bonds is 3. The van der Waals surface area contributed by atoms with E-state index < -0.39 is 0 Å². The molecule has 1 fully saturated rings. The van der Waals surface area contributed by atoms with Crippen molar-refractivity contribution in [2.24, 2.45) is 5.92 Å². The normalized spacial score (nSPS) is 22.0. The SMILES string of the molecule is CC(=O)c1ccc(NC(=O)NC2CCC(C)C2)cc1. The van der Waals surface area contributed by atoms with E-state index in [-0.39, 0.29) is 17.9 Å². The summed E-state index contributed by atoms with van der Waals surface area (Å²) < 4.78 is 0. The maximum absolute atomic E-state index is 11.8. The first-order chi connectivity index (χ1) is 9.04. The highest BCUT2D eigenvalue weighted by atomic mass is 16.2. The lowest BCUT2D eigenvalue weighted by Crippen LogP contribution is -2.36. The Morgan fingerprint density at radius 1 is 1.16 bits per heavy atom. The number of nitrogens with one attached hydrogen (secondary N) is 2. The van der Waals surface area contributed by atoms with Crippen molar-refractivity contribution in [2.45, 2.75) is 39.2 Å². The quantitative estimate of drug-likeness (QED) is 0.820. The standard InChI is InChI=1S/C15H20N2O2/c1-10-3-6-14(9-10)17-15(19)16-13-7-4-12(5-8-13)11(2)18/h4-5,7-8,10,14H,3,6,9H2,1-2H3,(H2,16,17,19). The van der Waals surface area contributed by atoms with Crippen LogP contribution in [0, 0.1) is 5.92 Å². The van der Waals surface area contributed by atoms with Gasteiger partial charge in [0.1, 0.15) is 0 Å². The summed E-state index contributed by atoms with van der Waals surface area (Å²) in [5, 5.41) is 5.77. The van der Waals surface area contributed by atoms with Crippen LogP contribution in [0.25, 0.3) is 0 Å². The van der Waals surface area contributed by atoms with Crippen LogP contribution in [-0.2, 0) is 0 Å². The molecule has 1 aliphatic rings. The molecule has 0 aliphatic heterocycles. The van der Waals surface area contributed by atoms with Gasteiger partial charge in [-0.15, -0.1) is 0 Å². The molecule has 0 bridgehead atoms. The second-order valence-corrected chi connectivity index (χ2v) is 5.35. The predicted octanol–water partition coefficient (Wildman–Crippen LogP) is 3.20. The molecule has 0 aromatic heterocycles. The number of amides is 2. The maximum Gasteiger partial charge on any atom is 0.319 e. The first kappa shape index (κ1) is 13.6. The Morgan fingerprint density at radius 2 is 1.84 bits per heavy atom. The summed E-state index contributed by atoms with van der Waals surface area (Å²) in [5.41, 5.74) is 1.35. The third-order valence-electron chi connectivity index (χ3n) is 3.58. The van der Waals surface area contributed by atoms with Crippen molar-refractivity contribution in [3.8, 4) is 0 Å². The Balaban J connectivity index is 1.86. The minimum absolute atomic E-state index is 0.0240. The molecule has 0 radical (unpaired) electrons. The van der Waals surface area contributed by atoms with Gasteiger partial charge in [0.05, 0.1) is 0 Å². The smallest absolute Gasteiger partial charge is 0.319 e. The molecule has 1 saturated carbocycles. The molecule has 1 aromatic rings. The highest BCUT2D eigenvalue weighted by Crippen LogP contribution is 2.24. The topological polar surface area (TPSA) is 58.2 Å². The average molecular weight is 260 g/mol. The fourth-order valence-electron chi connectivity index (χ4n) is 2.48. The first-order valence-corrected chi connectivity index (χ1v) is 6.73. The van der Waals surface area contributed by atoms with E-state index >= 15 is 0 Å². The van der Waals surface area contributed by atoms with Gasteiger partial charge in [0.2, 0.25) is 0 Å².